The maximum Gasteiger partial charge on any atom is 0.118 e. The van der Waals surface area contributed by atoms with Gasteiger partial charge in [-0.05, 0) is 31.5 Å². The van der Waals surface area contributed by atoms with E-state index in [2.05, 4.69) is 10.9 Å². The van der Waals surface area contributed by atoms with Crippen LogP contribution in [-0.2, 0) is 11.3 Å². The smallest absolute Gasteiger partial charge is 0.118 e. The lowest BCUT2D eigenvalue weighted by atomic mass is 10.2. The highest BCUT2D eigenvalue weighted by Gasteiger charge is 1.98. The highest BCUT2D eigenvalue weighted by Crippen LogP contribution is 2.10. The van der Waals surface area contributed by atoms with Crippen LogP contribution in [0.3, 0.4) is 0 Å². The Balaban J connectivity index is 2.26. The molecule has 1 atom stereocenters. The van der Waals surface area contributed by atoms with Gasteiger partial charge in [-0.1, -0.05) is 12.1 Å². The zero-order chi connectivity index (χ0) is 11.8. The molecule has 0 aliphatic heterocycles. The molecule has 0 amide bonds. The lowest BCUT2D eigenvalue weighted by molar-refractivity contribution is 0.0403. The normalized spacial score (nSPS) is 12.4. The first-order valence-corrected chi connectivity index (χ1v) is 5.49. The highest BCUT2D eigenvalue weighted by molar-refractivity contribution is 5.26. The lowest BCUT2D eigenvalue weighted by Crippen LogP contribution is -2.40. The van der Waals surface area contributed by atoms with Crippen molar-refractivity contribution in [2.75, 3.05) is 13.7 Å². The lowest BCUT2D eigenvalue weighted by Gasteiger charge is -2.14. The van der Waals surface area contributed by atoms with E-state index >= 15 is 0 Å². The van der Waals surface area contributed by atoms with E-state index in [1.165, 1.54) is 5.56 Å². The van der Waals surface area contributed by atoms with Crippen molar-refractivity contribution in [2.45, 2.75) is 26.6 Å². The van der Waals surface area contributed by atoms with Gasteiger partial charge in [0.1, 0.15) is 12.0 Å². The monoisotopic (exact) mass is 224 g/mol. The van der Waals surface area contributed by atoms with E-state index in [0.29, 0.717) is 6.61 Å². The Kier molecular flexibility index (Phi) is 5.85. The van der Waals surface area contributed by atoms with Crippen molar-refractivity contribution in [3.05, 3.63) is 29.8 Å². The largest absolute Gasteiger partial charge is 0.497 e. The van der Waals surface area contributed by atoms with Crippen molar-refractivity contribution in [3.8, 4) is 5.75 Å². The summed E-state index contributed by atoms with van der Waals surface area (Å²) in [7, 11) is 1.67. The number of hydrogen-bond acceptors (Lipinski definition) is 4. The molecule has 2 N–H and O–H groups in total. The average molecular weight is 224 g/mol. The third kappa shape index (κ3) is 4.61. The fourth-order valence-electron chi connectivity index (χ4n) is 1.33. The van der Waals surface area contributed by atoms with Gasteiger partial charge in [-0.15, -0.1) is 0 Å². The second-order valence-electron chi connectivity index (χ2n) is 3.44. The number of methoxy groups -OCH3 is 1. The molecule has 0 fully saturated rings. The minimum atomic E-state index is 0.0169. The van der Waals surface area contributed by atoms with Crippen molar-refractivity contribution in [2.24, 2.45) is 0 Å². The molecule has 1 rings (SSSR count). The van der Waals surface area contributed by atoms with Crippen LogP contribution >= 0.6 is 0 Å². The second-order valence-corrected chi connectivity index (χ2v) is 3.44. The van der Waals surface area contributed by atoms with Crippen LogP contribution < -0.4 is 15.6 Å². The van der Waals surface area contributed by atoms with Crippen LogP contribution in [0, 0.1) is 0 Å². The summed E-state index contributed by atoms with van der Waals surface area (Å²) >= 11 is 0. The molecule has 0 saturated heterocycles. The Hall–Kier alpha value is -1.10. The van der Waals surface area contributed by atoms with E-state index in [-0.39, 0.29) is 6.23 Å². The first kappa shape index (κ1) is 13.0. The summed E-state index contributed by atoms with van der Waals surface area (Å²) in [5.41, 5.74) is 7.36. The quantitative estimate of drug-likeness (QED) is 0.546. The number of rotatable bonds is 7. The van der Waals surface area contributed by atoms with E-state index in [4.69, 9.17) is 9.47 Å². The molecule has 0 radical (unpaired) electrons. The molecule has 4 heteroatoms. The third-order valence-corrected chi connectivity index (χ3v) is 2.17. The molecular weight excluding hydrogens is 204 g/mol. The molecule has 0 aliphatic carbocycles. The Morgan fingerprint density at radius 1 is 1.25 bits per heavy atom. The fourth-order valence-corrected chi connectivity index (χ4v) is 1.33. The Morgan fingerprint density at radius 3 is 2.50 bits per heavy atom. The molecule has 1 unspecified atom stereocenters. The van der Waals surface area contributed by atoms with Crippen LogP contribution in [0.25, 0.3) is 0 Å². The van der Waals surface area contributed by atoms with Crippen LogP contribution in [0.4, 0.5) is 0 Å². The van der Waals surface area contributed by atoms with E-state index in [1.807, 2.05) is 38.1 Å². The molecular formula is C12H20N2O2. The number of hydrogen-bond donors (Lipinski definition) is 2. The van der Waals surface area contributed by atoms with Crippen LogP contribution in [0.15, 0.2) is 24.3 Å². The highest BCUT2D eigenvalue weighted by atomic mass is 16.5. The predicted molar refractivity (Wildman–Crippen MR) is 64.1 cm³/mol. The molecule has 16 heavy (non-hydrogen) atoms. The summed E-state index contributed by atoms with van der Waals surface area (Å²) in [6.07, 6.45) is 0.0169. The van der Waals surface area contributed by atoms with Crippen molar-refractivity contribution in [1.29, 1.82) is 0 Å². The molecule has 0 bridgehead atoms. The minimum Gasteiger partial charge on any atom is -0.497 e. The zero-order valence-electron chi connectivity index (χ0n) is 10.1. The van der Waals surface area contributed by atoms with Gasteiger partial charge < -0.3 is 9.47 Å². The first-order valence-electron chi connectivity index (χ1n) is 5.49. The van der Waals surface area contributed by atoms with Crippen LogP contribution in [0.1, 0.15) is 19.4 Å². The van der Waals surface area contributed by atoms with Crippen molar-refractivity contribution in [3.63, 3.8) is 0 Å². The summed E-state index contributed by atoms with van der Waals surface area (Å²) in [6.45, 7) is 5.39. The average Bonchev–Trinajstić information content (AvgIpc) is 2.30. The number of ether oxygens (including phenoxy) is 2. The van der Waals surface area contributed by atoms with Crippen molar-refractivity contribution >= 4 is 0 Å². The number of benzene rings is 1. The first-order chi connectivity index (χ1) is 7.76. The molecule has 0 aliphatic rings. The second kappa shape index (κ2) is 7.22. The van der Waals surface area contributed by atoms with Gasteiger partial charge in [0.25, 0.3) is 0 Å². The summed E-state index contributed by atoms with van der Waals surface area (Å²) in [5.74, 6) is 0.874. The van der Waals surface area contributed by atoms with E-state index in [1.54, 1.807) is 7.11 Å². The van der Waals surface area contributed by atoms with E-state index < -0.39 is 0 Å². The third-order valence-electron chi connectivity index (χ3n) is 2.17. The maximum atomic E-state index is 5.32. The molecule has 0 heterocycles. The summed E-state index contributed by atoms with van der Waals surface area (Å²) < 4.78 is 10.4. The predicted octanol–water partition coefficient (Wildman–Crippen LogP) is 1.67. The van der Waals surface area contributed by atoms with Gasteiger partial charge in [0.05, 0.1) is 7.11 Å². The van der Waals surface area contributed by atoms with Gasteiger partial charge in [-0.2, -0.15) is 0 Å². The zero-order valence-corrected chi connectivity index (χ0v) is 10.1. The number of hydrazine groups is 1. The van der Waals surface area contributed by atoms with Gasteiger partial charge in [0.15, 0.2) is 0 Å². The van der Waals surface area contributed by atoms with Crippen LogP contribution in [0.5, 0.6) is 5.75 Å². The fraction of sp³-hybridized carbons (Fsp3) is 0.500. The summed E-state index contributed by atoms with van der Waals surface area (Å²) in [4.78, 5) is 0. The Morgan fingerprint density at radius 2 is 1.94 bits per heavy atom. The molecule has 1 aromatic carbocycles. The van der Waals surface area contributed by atoms with Crippen molar-refractivity contribution in [1.82, 2.24) is 10.9 Å². The van der Waals surface area contributed by atoms with E-state index in [9.17, 15) is 0 Å². The minimum absolute atomic E-state index is 0.0169. The standard InChI is InChI=1S/C12H20N2O2/c1-4-16-10(2)14-13-9-11-5-7-12(15-3)8-6-11/h5-8,10,13-14H,4,9H2,1-3H3. The van der Waals surface area contributed by atoms with Gasteiger partial charge in [0.2, 0.25) is 0 Å². The summed E-state index contributed by atoms with van der Waals surface area (Å²) in [6, 6.07) is 7.95. The SMILES string of the molecule is CCOC(C)NNCc1ccc(OC)cc1. The molecule has 4 nitrogen and oxygen atoms in total. The molecule has 90 valence electrons. The van der Waals surface area contributed by atoms with Crippen LogP contribution in [-0.4, -0.2) is 19.9 Å². The molecule has 1 aromatic rings. The molecule has 0 aromatic heterocycles. The van der Waals surface area contributed by atoms with Gasteiger partial charge in [0, 0.05) is 13.2 Å². The Bertz CT molecular complexity index is 288. The van der Waals surface area contributed by atoms with Crippen molar-refractivity contribution < 1.29 is 9.47 Å². The number of nitrogens with one attached hydrogen (secondary N) is 2. The molecule has 0 saturated carbocycles. The van der Waals surface area contributed by atoms with Crippen LogP contribution in [0.2, 0.25) is 0 Å². The Labute approximate surface area is 96.9 Å². The van der Waals surface area contributed by atoms with E-state index in [0.717, 1.165) is 12.3 Å². The van der Waals surface area contributed by atoms with Gasteiger partial charge >= 0.3 is 0 Å². The summed E-state index contributed by atoms with van der Waals surface area (Å²) in [5, 5.41) is 0. The maximum absolute atomic E-state index is 5.32. The molecule has 0 spiro atoms. The van der Waals surface area contributed by atoms with Gasteiger partial charge in [-0.25, -0.2) is 5.43 Å². The van der Waals surface area contributed by atoms with Gasteiger partial charge in [-0.3, -0.25) is 5.43 Å². The topological polar surface area (TPSA) is 42.5 Å².